The van der Waals surface area contributed by atoms with Gasteiger partial charge in [0.2, 0.25) is 21.9 Å². The molecule has 3 aromatic carbocycles. The van der Waals surface area contributed by atoms with Crippen LogP contribution in [0, 0.1) is 5.82 Å². The number of sulfonamides is 1. The van der Waals surface area contributed by atoms with Gasteiger partial charge in [0.15, 0.2) is 0 Å². The second kappa shape index (κ2) is 12.3. The molecule has 2 aromatic heterocycles. The van der Waals surface area contributed by atoms with Gasteiger partial charge >= 0.3 is 0 Å². The van der Waals surface area contributed by atoms with Gasteiger partial charge in [-0.3, -0.25) is 0 Å². The van der Waals surface area contributed by atoms with Crippen molar-refractivity contribution in [3.8, 4) is 0 Å². The van der Waals surface area contributed by atoms with Gasteiger partial charge in [-0.1, -0.05) is 36.4 Å². The average Bonchev–Trinajstić information content (AvgIpc) is 3.22. The van der Waals surface area contributed by atoms with Crippen molar-refractivity contribution in [3.63, 3.8) is 0 Å². The minimum atomic E-state index is -3.59. The van der Waals surface area contributed by atoms with Crippen molar-refractivity contribution in [2.75, 3.05) is 16.0 Å². The lowest BCUT2D eigenvalue weighted by atomic mass is 10.2. The van der Waals surface area contributed by atoms with E-state index in [0.29, 0.717) is 47.6 Å². The van der Waals surface area contributed by atoms with Crippen LogP contribution >= 0.6 is 12.4 Å². The van der Waals surface area contributed by atoms with Crippen LogP contribution in [0.4, 0.5) is 27.8 Å². The van der Waals surface area contributed by atoms with Gasteiger partial charge in [-0.25, -0.2) is 27.9 Å². The predicted octanol–water partition coefficient (Wildman–Crippen LogP) is 4.68. The maximum absolute atomic E-state index is 14.0. The number of hydrogen-bond acceptors (Lipinski definition) is 8. The highest BCUT2D eigenvalue weighted by Crippen LogP contribution is 2.22. The number of nitrogens with one attached hydrogen (secondary N) is 3. The average molecular weight is 583 g/mol. The standard InChI is InChI=1S/C27H27FN8O2S.ClH/c1-36-24-11-8-19(14-23(24)34-27(36)32-16-20-4-2-3-5-22(20)28)15-31-25-12-13-30-26(35-25)33-21-9-6-18(7-10-21)17-39(29,37)38;/h2-14H,15-17H2,1H3,(H,32,34)(H2,29,37,38)(H2,30,31,33,35);1H. The summed E-state index contributed by atoms with van der Waals surface area (Å²) < 4.78 is 38.4. The molecular formula is C27H28ClFN8O2S. The third-order valence-electron chi connectivity index (χ3n) is 6.05. The molecule has 5 rings (SSSR count). The summed E-state index contributed by atoms with van der Waals surface area (Å²) in [7, 11) is -1.67. The number of nitrogens with two attached hydrogens (primary N) is 1. The van der Waals surface area contributed by atoms with E-state index < -0.39 is 10.0 Å². The normalized spacial score (nSPS) is 11.2. The van der Waals surface area contributed by atoms with Crippen molar-refractivity contribution < 1.29 is 12.8 Å². The highest BCUT2D eigenvalue weighted by Gasteiger charge is 2.10. The Morgan fingerprint density at radius 2 is 1.68 bits per heavy atom. The molecule has 5 aromatic rings. The van der Waals surface area contributed by atoms with Crippen molar-refractivity contribution in [3.05, 3.63) is 102 Å². The van der Waals surface area contributed by atoms with Crippen molar-refractivity contribution in [1.29, 1.82) is 0 Å². The maximum Gasteiger partial charge on any atom is 0.229 e. The summed E-state index contributed by atoms with van der Waals surface area (Å²) in [6, 6.07) is 21.3. The number of primary sulfonamides is 1. The summed E-state index contributed by atoms with van der Waals surface area (Å²) in [6.07, 6.45) is 1.64. The predicted molar refractivity (Wildman–Crippen MR) is 158 cm³/mol. The lowest BCUT2D eigenvalue weighted by molar-refractivity contribution is 0.597. The first kappa shape index (κ1) is 28.7. The van der Waals surface area contributed by atoms with E-state index in [1.807, 2.05) is 35.9 Å². The molecule has 40 heavy (non-hydrogen) atoms. The first-order valence-corrected chi connectivity index (χ1v) is 13.8. The lowest BCUT2D eigenvalue weighted by Crippen LogP contribution is -2.14. The Kier molecular flexibility index (Phi) is 8.83. The summed E-state index contributed by atoms with van der Waals surface area (Å²) in [5.41, 5.74) is 4.68. The number of halogens is 2. The highest BCUT2D eigenvalue weighted by atomic mass is 35.5. The quantitative estimate of drug-likeness (QED) is 0.186. The Morgan fingerprint density at radius 3 is 2.42 bits per heavy atom. The van der Waals surface area contributed by atoms with Gasteiger partial charge in [0.1, 0.15) is 11.6 Å². The number of anilines is 4. The molecule has 0 aliphatic rings. The van der Waals surface area contributed by atoms with Crippen molar-refractivity contribution in [2.24, 2.45) is 12.2 Å². The Bertz CT molecular complexity index is 1730. The minimum absolute atomic E-state index is 0. The van der Waals surface area contributed by atoms with E-state index in [1.165, 1.54) is 6.07 Å². The molecule has 13 heteroatoms. The number of benzene rings is 3. The first-order valence-electron chi connectivity index (χ1n) is 12.1. The van der Waals surface area contributed by atoms with Crippen LogP contribution < -0.4 is 21.1 Å². The van der Waals surface area contributed by atoms with Crippen molar-refractivity contribution in [2.45, 2.75) is 18.8 Å². The SMILES string of the molecule is Cl.Cn1c(NCc2ccccc2F)nc2cc(CNc3ccnc(Nc4ccc(CS(N)(=O)=O)cc4)n3)ccc21. The molecular weight excluding hydrogens is 555 g/mol. The van der Waals surface area contributed by atoms with Gasteiger partial charge in [-0.05, 0) is 47.5 Å². The molecule has 0 bridgehead atoms. The summed E-state index contributed by atoms with van der Waals surface area (Å²) in [4.78, 5) is 13.4. The molecule has 0 saturated carbocycles. The van der Waals surface area contributed by atoms with Crippen LogP contribution in [0.5, 0.6) is 0 Å². The number of hydrogen-bond donors (Lipinski definition) is 4. The summed E-state index contributed by atoms with van der Waals surface area (Å²) in [5.74, 6) is 1.20. The van der Waals surface area contributed by atoms with Gasteiger partial charge < -0.3 is 20.5 Å². The maximum atomic E-state index is 14.0. The van der Waals surface area contributed by atoms with E-state index in [0.717, 1.165) is 16.6 Å². The molecule has 0 unspecified atom stereocenters. The van der Waals surface area contributed by atoms with Crippen LogP contribution in [0.2, 0.25) is 0 Å². The molecule has 0 saturated heterocycles. The van der Waals surface area contributed by atoms with Crippen molar-refractivity contribution >= 4 is 56.9 Å². The number of fused-ring (bicyclic) bond motifs is 1. The van der Waals surface area contributed by atoms with Crippen LogP contribution in [0.25, 0.3) is 11.0 Å². The van der Waals surface area contributed by atoms with Gasteiger partial charge in [-0.2, -0.15) is 4.98 Å². The third-order valence-corrected chi connectivity index (χ3v) is 6.78. The Balaban J connectivity index is 0.00000370. The fourth-order valence-electron chi connectivity index (χ4n) is 4.09. The molecule has 0 atom stereocenters. The van der Waals surface area contributed by atoms with E-state index in [9.17, 15) is 12.8 Å². The Hall–Kier alpha value is -4.26. The fraction of sp³-hybridized carbons (Fsp3) is 0.148. The zero-order valence-corrected chi connectivity index (χ0v) is 23.1. The Labute approximate surface area is 237 Å². The molecule has 208 valence electrons. The molecule has 2 heterocycles. The smallest absolute Gasteiger partial charge is 0.229 e. The van der Waals surface area contributed by atoms with Gasteiger partial charge in [-0.15, -0.1) is 12.4 Å². The minimum Gasteiger partial charge on any atom is -0.366 e. The number of aryl methyl sites for hydroxylation is 1. The van der Waals surface area contributed by atoms with E-state index >= 15 is 0 Å². The third kappa shape index (κ3) is 7.23. The zero-order valence-electron chi connectivity index (χ0n) is 21.5. The fourth-order valence-corrected chi connectivity index (χ4v) is 4.74. The second-order valence-corrected chi connectivity index (χ2v) is 10.6. The summed E-state index contributed by atoms with van der Waals surface area (Å²) in [6.45, 7) is 0.852. The van der Waals surface area contributed by atoms with Crippen LogP contribution in [0.3, 0.4) is 0 Å². The van der Waals surface area contributed by atoms with Crippen LogP contribution in [-0.4, -0.2) is 27.9 Å². The Morgan fingerprint density at radius 1 is 0.925 bits per heavy atom. The number of aromatic nitrogens is 4. The van der Waals surface area contributed by atoms with Gasteiger partial charge in [0, 0.05) is 37.6 Å². The molecule has 0 amide bonds. The van der Waals surface area contributed by atoms with E-state index in [1.54, 1.807) is 48.7 Å². The van der Waals surface area contributed by atoms with Crippen LogP contribution in [0.15, 0.2) is 79.0 Å². The van der Waals surface area contributed by atoms with E-state index in [-0.39, 0.29) is 24.0 Å². The summed E-state index contributed by atoms with van der Waals surface area (Å²) >= 11 is 0. The molecule has 5 N–H and O–H groups in total. The van der Waals surface area contributed by atoms with E-state index in [2.05, 4.69) is 30.9 Å². The first-order chi connectivity index (χ1) is 18.7. The number of imidazole rings is 1. The summed E-state index contributed by atoms with van der Waals surface area (Å²) in [5, 5.41) is 14.7. The molecule has 0 fully saturated rings. The molecule has 0 radical (unpaired) electrons. The molecule has 10 nitrogen and oxygen atoms in total. The van der Waals surface area contributed by atoms with Crippen LogP contribution in [0.1, 0.15) is 16.7 Å². The molecule has 0 spiro atoms. The lowest BCUT2D eigenvalue weighted by Gasteiger charge is -2.09. The number of rotatable bonds is 10. The van der Waals surface area contributed by atoms with E-state index in [4.69, 9.17) is 5.14 Å². The largest absolute Gasteiger partial charge is 0.366 e. The van der Waals surface area contributed by atoms with Crippen LogP contribution in [-0.2, 0) is 35.9 Å². The number of nitrogens with zero attached hydrogens (tertiary/aromatic N) is 4. The van der Waals surface area contributed by atoms with Gasteiger partial charge in [0.25, 0.3) is 0 Å². The highest BCUT2D eigenvalue weighted by molar-refractivity contribution is 7.88. The second-order valence-electron chi connectivity index (χ2n) is 9.01. The monoisotopic (exact) mass is 582 g/mol. The van der Waals surface area contributed by atoms with Crippen molar-refractivity contribution in [1.82, 2.24) is 19.5 Å². The zero-order chi connectivity index (χ0) is 27.4. The molecule has 0 aliphatic carbocycles. The van der Waals surface area contributed by atoms with Gasteiger partial charge in [0.05, 0.1) is 16.8 Å². The topological polar surface area (TPSA) is 140 Å². The molecule has 0 aliphatic heterocycles.